The van der Waals surface area contributed by atoms with Crippen LogP contribution in [0.15, 0.2) is 60.7 Å². The number of hydrogen-bond donors (Lipinski definition) is 1. The fourth-order valence-corrected chi connectivity index (χ4v) is 3.87. The molecular formula is C20H12N2O4S. The molecule has 4 rings (SSSR count). The number of benzene rings is 2. The van der Waals surface area contributed by atoms with Crippen LogP contribution in [0.2, 0.25) is 0 Å². The maximum Gasteiger partial charge on any atom is 0.270 e. The number of imide groups is 1. The molecule has 0 unspecified atom stereocenters. The molecule has 0 saturated heterocycles. The Kier molecular flexibility index (Phi) is 4.13. The van der Waals surface area contributed by atoms with E-state index in [2.05, 4.69) is 5.32 Å². The molecule has 132 valence electrons. The molecular weight excluding hydrogens is 364 g/mol. The number of nitrogens with zero attached hydrogens (tertiary/aromatic N) is 1. The van der Waals surface area contributed by atoms with Crippen molar-refractivity contribution in [2.45, 2.75) is 0 Å². The van der Waals surface area contributed by atoms with Crippen LogP contribution >= 0.6 is 11.3 Å². The van der Waals surface area contributed by atoms with Crippen LogP contribution in [0.5, 0.6) is 0 Å². The molecule has 7 heteroatoms. The van der Waals surface area contributed by atoms with Crippen LogP contribution in [-0.4, -0.2) is 16.7 Å². The van der Waals surface area contributed by atoms with Gasteiger partial charge in [0.1, 0.15) is 0 Å². The van der Waals surface area contributed by atoms with Crippen molar-refractivity contribution in [1.82, 2.24) is 5.32 Å². The molecule has 0 radical (unpaired) electrons. The lowest BCUT2D eigenvalue weighted by atomic mass is 9.94. The van der Waals surface area contributed by atoms with E-state index in [0.29, 0.717) is 16.7 Å². The summed E-state index contributed by atoms with van der Waals surface area (Å²) >= 11 is 1.41. The first-order valence-corrected chi connectivity index (χ1v) is 8.86. The van der Waals surface area contributed by atoms with Gasteiger partial charge in [-0.2, -0.15) is 0 Å². The first kappa shape index (κ1) is 16.9. The Morgan fingerprint density at radius 2 is 1.70 bits per heavy atom. The average Bonchev–Trinajstić information content (AvgIpc) is 3.14. The van der Waals surface area contributed by atoms with E-state index in [0.717, 1.165) is 15.3 Å². The highest BCUT2D eigenvalue weighted by Crippen LogP contribution is 2.33. The van der Waals surface area contributed by atoms with Crippen LogP contribution in [0.3, 0.4) is 0 Å². The van der Waals surface area contributed by atoms with Gasteiger partial charge in [-0.25, -0.2) is 0 Å². The molecule has 1 aliphatic rings. The Bertz CT molecular complexity index is 1130. The Balaban J connectivity index is 1.73. The van der Waals surface area contributed by atoms with Crippen LogP contribution < -0.4 is 5.32 Å². The molecule has 0 atom stereocenters. The standard InChI is InChI=1S/C20H12N2O4S/c23-19-16-7-2-1-6-15(16)17(20(24)21-19)11-14-8-9-18(27-14)12-4-3-5-13(10-12)22(25)26/h1-11H,(H,21,23,24)/b17-11-. The summed E-state index contributed by atoms with van der Waals surface area (Å²) in [6, 6.07) is 17.1. The van der Waals surface area contributed by atoms with E-state index in [1.165, 1.54) is 23.5 Å². The molecule has 0 saturated carbocycles. The second kappa shape index (κ2) is 6.62. The van der Waals surface area contributed by atoms with Crippen molar-refractivity contribution in [3.63, 3.8) is 0 Å². The SMILES string of the molecule is O=C1NC(=O)c2ccccc2/C1=C/c1ccc(-c2cccc([N+](=O)[O-])c2)s1. The van der Waals surface area contributed by atoms with Gasteiger partial charge in [0.2, 0.25) is 0 Å². The van der Waals surface area contributed by atoms with E-state index >= 15 is 0 Å². The molecule has 2 aromatic carbocycles. The molecule has 0 bridgehead atoms. The second-order valence-electron chi connectivity index (χ2n) is 5.90. The van der Waals surface area contributed by atoms with Crippen LogP contribution in [0.1, 0.15) is 20.8 Å². The van der Waals surface area contributed by atoms with Crippen molar-refractivity contribution in [2.75, 3.05) is 0 Å². The first-order chi connectivity index (χ1) is 13.0. The number of carbonyl (C=O) groups is 2. The van der Waals surface area contributed by atoms with Gasteiger partial charge in [0.25, 0.3) is 17.5 Å². The molecule has 2 heterocycles. The lowest BCUT2D eigenvalue weighted by Gasteiger charge is -2.17. The van der Waals surface area contributed by atoms with Gasteiger partial charge in [0.15, 0.2) is 0 Å². The summed E-state index contributed by atoms with van der Waals surface area (Å²) in [6.07, 6.45) is 1.73. The van der Waals surface area contributed by atoms with Crippen LogP contribution in [-0.2, 0) is 4.79 Å². The Labute approximate surface area is 157 Å². The number of nitro groups is 1. The third kappa shape index (κ3) is 3.16. The minimum atomic E-state index is -0.441. The minimum absolute atomic E-state index is 0.0277. The minimum Gasteiger partial charge on any atom is -0.288 e. The maximum absolute atomic E-state index is 12.3. The molecule has 0 fully saturated rings. The van der Waals surface area contributed by atoms with Crippen molar-refractivity contribution in [3.05, 3.63) is 86.8 Å². The van der Waals surface area contributed by atoms with Gasteiger partial charge in [0.05, 0.1) is 4.92 Å². The summed E-state index contributed by atoms with van der Waals surface area (Å²) in [7, 11) is 0. The fraction of sp³-hybridized carbons (Fsp3) is 0. The zero-order chi connectivity index (χ0) is 19.0. The lowest BCUT2D eigenvalue weighted by molar-refractivity contribution is -0.384. The van der Waals surface area contributed by atoms with E-state index in [1.54, 1.807) is 42.5 Å². The van der Waals surface area contributed by atoms with Gasteiger partial charge in [-0.1, -0.05) is 30.3 Å². The second-order valence-corrected chi connectivity index (χ2v) is 7.01. The molecule has 0 aliphatic carbocycles. The molecule has 1 N–H and O–H groups in total. The van der Waals surface area contributed by atoms with Crippen LogP contribution in [0.4, 0.5) is 5.69 Å². The summed E-state index contributed by atoms with van der Waals surface area (Å²) in [5.41, 5.74) is 2.23. The molecule has 1 aliphatic heterocycles. The summed E-state index contributed by atoms with van der Waals surface area (Å²) in [5, 5.41) is 13.3. The number of carbonyl (C=O) groups excluding carboxylic acids is 2. The predicted octanol–water partition coefficient (Wildman–Crippen LogP) is 4.13. The van der Waals surface area contributed by atoms with Gasteiger partial charge in [-0.05, 0) is 35.4 Å². The molecule has 1 aromatic heterocycles. The normalized spacial score (nSPS) is 14.7. The van der Waals surface area contributed by atoms with Gasteiger partial charge >= 0.3 is 0 Å². The number of amides is 2. The molecule has 3 aromatic rings. The van der Waals surface area contributed by atoms with Gasteiger partial charge in [-0.15, -0.1) is 11.3 Å². The summed E-state index contributed by atoms with van der Waals surface area (Å²) in [4.78, 5) is 36.4. The van der Waals surface area contributed by atoms with Crippen LogP contribution in [0, 0.1) is 10.1 Å². The summed E-state index contributed by atoms with van der Waals surface area (Å²) in [5.74, 6) is -0.847. The lowest BCUT2D eigenvalue weighted by Crippen LogP contribution is -2.36. The van der Waals surface area contributed by atoms with Crippen LogP contribution in [0.25, 0.3) is 22.1 Å². The highest BCUT2D eigenvalue weighted by Gasteiger charge is 2.26. The molecule has 0 spiro atoms. The zero-order valence-corrected chi connectivity index (χ0v) is 14.7. The van der Waals surface area contributed by atoms with Gasteiger partial charge in [-0.3, -0.25) is 25.0 Å². The van der Waals surface area contributed by atoms with Crippen molar-refractivity contribution < 1.29 is 14.5 Å². The third-order valence-corrected chi connectivity index (χ3v) is 5.27. The van der Waals surface area contributed by atoms with E-state index in [1.807, 2.05) is 12.1 Å². The predicted molar refractivity (Wildman–Crippen MR) is 103 cm³/mol. The number of nitro benzene ring substituents is 1. The topological polar surface area (TPSA) is 89.3 Å². The van der Waals surface area contributed by atoms with Crippen molar-refractivity contribution in [3.8, 4) is 10.4 Å². The Morgan fingerprint density at radius 3 is 2.48 bits per heavy atom. The van der Waals surface area contributed by atoms with Crippen molar-refractivity contribution in [1.29, 1.82) is 0 Å². The van der Waals surface area contributed by atoms with Crippen molar-refractivity contribution in [2.24, 2.45) is 0 Å². The highest BCUT2D eigenvalue weighted by molar-refractivity contribution is 7.16. The monoisotopic (exact) mass is 376 g/mol. The quantitative estimate of drug-likeness (QED) is 0.322. The number of thiophene rings is 1. The molecule has 27 heavy (non-hydrogen) atoms. The van der Waals surface area contributed by atoms with E-state index in [-0.39, 0.29) is 5.69 Å². The number of nitrogens with one attached hydrogen (secondary N) is 1. The van der Waals surface area contributed by atoms with E-state index in [9.17, 15) is 19.7 Å². The average molecular weight is 376 g/mol. The smallest absolute Gasteiger partial charge is 0.270 e. The number of non-ortho nitro benzene ring substituents is 1. The largest absolute Gasteiger partial charge is 0.288 e. The summed E-state index contributed by atoms with van der Waals surface area (Å²) < 4.78 is 0. The van der Waals surface area contributed by atoms with Gasteiger partial charge in [0, 0.05) is 33.0 Å². The van der Waals surface area contributed by atoms with Crippen molar-refractivity contribution >= 4 is 40.5 Å². The maximum atomic E-state index is 12.3. The van der Waals surface area contributed by atoms with Gasteiger partial charge < -0.3 is 0 Å². The Morgan fingerprint density at radius 1 is 0.926 bits per heavy atom. The zero-order valence-electron chi connectivity index (χ0n) is 13.8. The molecule has 6 nitrogen and oxygen atoms in total. The van der Waals surface area contributed by atoms with E-state index in [4.69, 9.17) is 0 Å². The third-order valence-electron chi connectivity index (χ3n) is 4.19. The Hall–Kier alpha value is -3.58. The molecule has 2 amide bonds. The summed E-state index contributed by atoms with van der Waals surface area (Å²) in [6.45, 7) is 0. The number of fused-ring (bicyclic) bond motifs is 1. The highest BCUT2D eigenvalue weighted by atomic mass is 32.1. The number of rotatable bonds is 3. The van der Waals surface area contributed by atoms with E-state index < -0.39 is 16.7 Å². The first-order valence-electron chi connectivity index (χ1n) is 8.04. The fourth-order valence-electron chi connectivity index (χ4n) is 2.92. The number of hydrogen-bond acceptors (Lipinski definition) is 5.